The van der Waals surface area contributed by atoms with Gasteiger partial charge in [-0.1, -0.05) is 11.6 Å². The SMILES string of the molecule is CN(C)C(=O)c1ccc(NC(=O)/C(C#N)=C/c2cc(Cl)c3c(c2)OCO3)cc1. The summed E-state index contributed by atoms with van der Waals surface area (Å²) in [7, 11) is 3.31. The van der Waals surface area contributed by atoms with Crippen LogP contribution in [0.5, 0.6) is 11.5 Å². The summed E-state index contributed by atoms with van der Waals surface area (Å²) in [5.41, 5.74) is 1.38. The molecule has 0 fully saturated rings. The van der Waals surface area contributed by atoms with Gasteiger partial charge >= 0.3 is 0 Å². The van der Waals surface area contributed by atoms with Gasteiger partial charge < -0.3 is 19.7 Å². The van der Waals surface area contributed by atoms with Gasteiger partial charge in [0.2, 0.25) is 6.79 Å². The molecule has 2 aromatic carbocycles. The first-order valence-corrected chi connectivity index (χ1v) is 8.61. The Morgan fingerprint density at radius 1 is 1.21 bits per heavy atom. The number of fused-ring (bicyclic) bond motifs is 1. The maximum atomic E-state index is 12.4. The van der Waals surface area contributed by atoms with E-state index in [4.69, 9.17) is 21.1 Å². The first-order valence-electron chi connectivity index (χ1n) is 8.23. The molecule has 1 heterocycles. The molecule has 1 N–H and O–H groups in total. The van der Waals surface area contributed by atoms with Crippen molar-refractivity contribution in [1.82, 2.24) is 4.90 Å². The van der Waals surface area contributed by atoms with Crippen LogP contribution < -0.4 is 14.8 Å². The third-order valence-corrected chi connectivity index (χ3v) is 4.20. The molecule has 0 atom stereocenters. The van der Waals surface area contributed by atoms with E-state index in [9.17, 15) is 14.9 Å². The summed E-state index contributed by atoms with van der Waals surface area (Å²) in [6.07, 6.45) is 1.41. The number of benzene rings is 2. The smallest absolute Gasteiger partial charge is 0.266 e. The Morgan fingerprint density at radius 3 is 2.57 bits per heavy atom. The fourth-order valence-electron chi connectivity index (χ4n) is 2.54. The molecular formula is C20H16ClN3O4. The predicted molar refractivity (Wildman–Crippen MR) is 104 cm³/mol. The molecule has 0 spiro atoms. The van der Waals surface area contributed by atoms with Gasteiger partial charge in [0.05, 0.1) is 5.02 Å². The Balaban J connectivity index is 1.77. The molecule has 3 rings (SSSR count). The summed E-state index contributed by atoms with van der Waals surface area (Å²) in [6, 6.07) is 11.5. The van der Waals surface area contributed by atoms with Gasteiger partial charge in [-0.25, -0.2) is 0 Å². The predicted octanol–water partition coefficient (Wildman–Crippen LogP) is 3.32. The number of amides is 2. The highest BCUT2D eigenvalue weighted by atomic mass is 35.5. The Hall–Kier alpha value is -3.50. The number of carbonyl (C=O) groups is 2. The van der Waals surface area contributed by atoms with E-state index in [1.807, 2.05) is 6.07 Å². The van der Waals surface area contributed by atoms with Crippen LogP contribution in [0.3, 0.4) is 0 Å². The van der Waals surface area contributed by atoms with E-state index in [-0.39, 0.29) is 18.3 Å². The van der Waals surface area contributed by atoms with Gasteiger partial charge in [0, 0.05) is 25.3 Å². The number of nitriles is 1. The number of ether oxygens (including phenoxy) is 2. The average molecular weight is 398 g/mol. The summed E-state index contributed by atoms with van der Waals surface area (Å²) < 4.78 is 10.5. The van der Waals surface area contributed by atoms with Gasteiger partial charge in [0.15, 0.2) is 11.5 Å². The molecule has 142 valence electrons. The third kappa shape index (κ3) is 4.08. The molecule has 0 unspecified atom stereocenters. The van der Waals surface area contributed by atoms with Crippen molar-refractivity contribution in [2.24, 2.45) is 0 Å². The van der Waals surface area contributed by atoms with E-state index in [1.54, 1.807) is 50.5 Å². The zero-order chi connectivity index (χ0) is 20.3. The summed E-state index contributed by atoms with van der Waals surface area (Å²) >= 11 is 6.12. The maximum absolute atomic E-state index is 12.4. The highest BCUT2D eigenvalue weighted by molar-refractivity contribution is 6.32. The first kappa shape index (κ1) is 19.3. The molecule has 0 saturated heterocycles. The van der Waals surface area contributed by atoms with Crippen molar-refractivity contribution < 1.29 is 19.1 Å². The molecule has 0 aromatic heterocycles. The second-order valence-corrected chi connectivity index (χ2v) is 6.54. The Labute approximate surface area is 166 Å². The first-order chi connectivity index (χ1) is 13.4. The average Bonchev–Trinajstić information content (AvgIpc) is 3.15. The highest BCUT2D eigenvalue weighted by Crippen LogP contribution is 2.40. The number of carbonyl (C=O) groups excluding carboxylic acids is 2. The molecule has 0 radical (unpaired) electrons. The van der Waals surface area contributed by atoms with E-state index in [0.29, 0.717) is 33.3 Å². The molecule has 1 aliphatic rings. The van der Waals surface area contributed by atoms with Crippen LogP contribution in [0.2, 0.25) is 5.02 Å². The van der Waals surface area contributed by atoms with Gasteiger partial charge in [-0.2, -0.15) is 5.26 Å². The van der Waals surface area contributed by atoms with Crippen molar-refractivity contribution in [3.63, 3.8) is 0 Å². The number of hydrogen-bond donors (Lipinski definition) is 1. The lowest BCUT2D eigenvalue weighted by molar-refractivity contribution is -0.112. The van der Waals surface area contributed by atoms with Crippen molar-refractivity contribution in [1.29, 1.82) is 5.26 Å². The second kappa shape index (κ2) is 8.03. The van der Waals surface area contributed by atoms with Crippen LogP contribution in [0.1, 0.15) is 15.9 Å². The third-order valence-electron chi connectivity index (χ3n) is 3.92. The van der Waals surface area contributed by atoms with Gasteiger partial charge in [0.25, 0.3) is 11.8 Å². The maximum Gasteiger partial charge on any atom is 0.266 e. The lowest BCUT2D eigenvalue weighted by atomic mass is 10.1. The lowest BCUT2D eigenvalue weighted by Crippen LogP contribution is -2.21. The molecule has 0 bridgehead atoms. The molecule has 0 aliphatic carbocycles. The molecule has 28 heavy (non-hydrogen) atoms. The largest absolute Gasteiger partial charge is 0.454 e. The summed E-state index contributed by atoms with van der Waals surface area (Å²) in [6.45, 7) is 0.0696. The molecular weight excluding hydrogens is 382 g/mol. The summed E-state index contributed by atoms with van der Waals surface area (Å²) in [5, 5.41) is 12.3. The van der Waals surface area contributed by atoms with Crippen LogP contribution in [-0.4, -0.2) is 37.6 Å². The second-order valence-electron chi connectivity index (χ2n) is 6.14. The van der Waals surface area contributed by atoms with E-state index in [0.717, 1.165) is 0 Å². The Bertz CT molecular complexity index is 1010. The lowest BCUT2D eigenvalue weighted by Gasteiger charge is -2.11. The zero-order valence-corrected chi connectivity index (χ0v) is 15.9. The molecule has 0 saturated carbocycles. The Kier molecular flexibility index (Phi) is 5.52. The fourth-order valence-corrected chi connectivity index (χ4v) is 2.81. The van der Waals surface area contributed by atoms with Crippen LogP contribution >= 0.6 is 11.6 Å². The fraction of sp³-hybridized carbons (Fsp3) is 0.150. The number of nitrogens with zero attached hydrogens (tertiary/aromatic N) is 2. The highest BCUT2D eigenvalue weighted by Gasteiger charge is 2.19. The standard InChI is InChI=1S/C20H16ClN3O4/c1-24(2)20(26)13-3-5-15(6-4-13)23-19(25)14(10-22)7-12-8-16(21)18-17(9-12)27-11-28-18/h3-9H,11H2,1-2H3,(H,23,25)/b14-7+. The van der Waals surface area contributed by atoms with Crippen LogP contribution in [0.25, 0.3) is 6.08 Å². The minimum absolute atomic E-state index is 0.0696. The van der Waals surface area contributed by atoms with Crippen LogP contribution in [0, 0.1) is 11.3 Å². The van der Waals surface area contributed by atoms with Gasteiger partial charge in [-0.15, -0.1) is 0 Å². The number of anilines is 1. The number of halogens is 1. The molecule has 1 aliphatic heterocycles. The minimum atomic E-state index is -0.581. The van der Waals surface area contributed by atoms with Crippen molar-refractivity contribution in [3.05, 3.63) is 58.1 Å². The van der Waals surface area contributed by atoms with E-state index in [1.165, 1.54) is 11.0 Å². The molecule has 8 heteroatoms. The molecule has 2 aromatic rings. The Morgan fingerprint density at radius 2 is 1.93 bits per heavy atom. The van der Waals surface area contributed by atoms with Crippen molar-refractivity contribution in [2.45, 2.75) is 0 Å². The van der Waals surface area contributed by atoms with Crippen molar-refractivity contribution in [2.75, 3.05) is 26.2 Å². The normalized spacial score (nSPS) is 12.3. The molecule has 2 amide bonds. The molecule has 7 nitrogen and oxygen atoms in total. The van der Waals surface area contributed by atoms with Gasteiger partial charge in [-0.05, 0) is 48.0 Å². The van der Waals surface area contributed by atoms with Crippen molar-refractivity contribution >= 4 is 35.2 Å². The van der Waals surface area contributed by atoms with Gasteiger partial charge in [-0.3, -0.25) is 9.59 Å². The number of rotatable bonds is 4. The summed E-state index contributed by atoms with van der Waals surface area (Å²) in [5.74, 6) is 0.171. The van der Waals surface area contributed by atoms with Crippen LogP contribution in [0.4, 0.5) is 5.69 Å². The van der Waals surface area contributed by atoms with Crippen LogP contribution in [0.15, 0.2) is 42.0 Å². The quantitative estimate of drug-likeness (QED) is 0.631. The van der Waals surface area contributed by atoms with E-state index >= 15 is 0 Å². The monoisotopic (exact) mass is 397 g/mol. The van der Waals surface area contributed by atoms with Crippen molar-refractivity contribution in [3.8, 4) is 17.6 Å². The number of hydrogen-bond acceptors (Lipinski definition) is 5. The summed E-state index contributed by atoms with van der Waals surface area (Å²) in [4.78, 5) is 25.8. The van der Waals surface area contributed by atoms with Crippen LogP contribution in [-0.2, 0) is 4.79 Å². The number of nitrogens with one attached hydrogen (secondary N) is 1. The van der Waals surface area contributed by atoms with Gasteiger partial charge in [0.1, 0.15) is 11.6 Å². The van der Waals surface area contributed by atoms with E-state index in [2.05, 4.69) is 5.32 Å². The topological polar surface area (TPSA) is 91.7 Å². The van der Waals surface area contributed by atoms with E-state index < -0.39 is 5.91 Å². The zero-order valence-electron chi connectivity index (χ0n) is 15.2. The minimum Gasteiger partial charge on any atom is -0.454 e.